The van der Waals surface area contributed by atoms with Gasteiger partial charge in [-0.25, -0.2) is 5.01 Å². The molecule has 0 fully saturated rings. The van der Waals surface area contributed by atoms with Gasteiger partial charge >= 0.3 is 0 Å². The van der Waals surface area contributed by atoms with Gasteiger partial charge in [-0.15, -0.1) is 9.36 Å². The van der Waals surface area contributed by atoms with Crippen LogP contribution in [0.3, 0.4) is 0 Å². The first-order chi connectivity index (χ1) is 4.20. The lowest BCUT2D eigenvalue weighted by molar-refractivity contribution is -0.728. The van der Waals surface area contributed by atoms with Gasteiger partial charge in [-0.2, -0.15) is 0 Å². The first-order valence-corrected chi connectivity index (χ1v) is 2.77. The smallest absolute Gasteiger partial charge is 0.248 e. The van der Waals surface area contributed by atoms with Gasteiger partial charge in [0.2, 0.25) is 6.33 Å². The standard InChI is InChI=1S/C5H11N4/c1-7(2)9-4-6-8(3)5-9/h4-5H,1-3H3/q+1. The molecule has 9 heavy (non-hydrogen) atoms. The normalized spacial score (nSPS) is 9.67. The van der Waals surface area contributed by atoms with Gasteiger partial charge in [-0.05, 0) is 5.10 Å². The van der Waals surface area contributed by atoms with Crippen molar-refractivity contribution in [1.29, 1.82) is 0 Å². The molecule has 1 rings (SSSR count). The van der Waals surface area contributed by atoms with Gasteiger partial charge in [0.15, 0.2) is 0 Å². The Bertz CT molecular complexity index is 191. The summed E-state index contributed by atoms with van der Waals surface area (Å²) < 4.78 is 3.64. The van der Waals surface area contributed by atoms with Crippen LogP contribution in [0.2, 0.25) is 0 Å². The van der Waals surface area contributed by atoms with Crippen molar-refractivity contribution >= 4 is 0 Å². The van der Waals surface area contributed by atoms with E-state index in [0.29, 0.717) is 0 Å². The predicted molar refractivity (Wildman–Crippen MR) is 33.5 cm³/mol. The molecular formula is C5H11N4+. The molecule has 1 heterocycles. The summed E-state index contributed by atoms with van der Waals surface area (Å²) in [5.74, 6) is 0. The van der Waals surface area contributed by atoms with E-state index >= 15 is 0 Å². The Kier molecular flexibility index (Phi) is 1.38. The van der Waals surface area contributed by atoms with Gasteiger partial charge in [0.05, 0.1) is 0 Å². The number of aromatic nitrogens is 3. The molecule has 1 aromatic rings. The van der Waals surface area contributed by atoms with Crippen molar-refractivity contribution in [2.75, 3.05) is 19.1 Å². The molecule has 0 aliphatic heterocycles. The summed E-state index contributed by atoms with van der Waals surface area (Å²) in [5, 5.41) is 5.91. The third-order valence-corrected chi connectivity index (χ3v) is 1.10. The SMILES string of the molecule is CN(C)n1cn[n+](C)c1. The molecule has 0 amide bonds. The van der Waals surface area contributed by atoms with E-state index in [1.165, 1.54) is 0 Å². The molecule has 0 aliphatic carbocycles. The summed E-state index contributed by atoms with van der Waals surface area (Å²) in [6, 6.07) is 0. The molecule has 0 radical (unpaired) electrons. The highest BCUT2D eigenvalue weighted by Crippen LogP contribution is 1.75. The summed E-state index contributed by atoms with van der Waals surface area (Å²) in [5.41, 5.74) is 0. The Morgan fingerprint density at radius 2 is 2.22 bits per heavy atom. The van der Waals surface area contributed by atoms with Crippen LogP contribution in [0.5, 0.6) is 0 Å². The van der Waals surface area contributed by atoms with E-state index in [4.69, 9.17) is 0 Å². The molecular weight excluding hydrogens is 116 g/mol. The fourth-order valence-electron chi connectivity index (χ4n) is 0.572. The molecule has 0 spiro atoms. The van der Waals surface area contributed by atoms with E-state index in [0.717, 1.165) is 0 Å². The summed E-state index contributed by atoms with van der Waals surface area (Å²) in [7, 11) is 5.81. The van der Waals surface area contributed by atoms with Gasteiger partial charge in [-0.3, -0.25) is 0 Å². The van der Waals surface area contributed by atoms with Gasteiger partial charge in [-0.1, -0.05) is 0 Å². The highest BCUT2D eigenvalue weighted by Gasteiger charge is 2.00. The van der Waals surface area contributed by atoms with Crippen molar-refractivity contribution in [3.8, 4) is 0 Å². The molecule has 0 aromatic carbocycles. The van der Waals surface area contributed by atoms with E-state index in [-0.39, 0.29) is 0 Å². The minimum Gasteiger partial charge on any atom is -0.248 e. The van der Waals surface area contributed by atoms with Crippen LogP contribution in [0, 0.1) is 0 Å². The largest absolute Gasteiger partial charge is 0.289 e. The van der Waals surface area contributed by atoms with Crippen molar-refractivity contribution in [3.63, 3.8) is 0 Å². The lowest BCUT2D eigenvalue weighted by Crippen LogP contribution is -2.31. The van der Waals surface area contributed by atoms with E-state index < -0.39 is 0 Å². The monoisotopic (exact) mass is 127 g/mol. The van der Waals surface area contributed by atoms with Crippen molar-refractivity contribution in [2.24, 2.45) is 7.05 Å². The molecule has 0 saturated carbocycles. The molecule has 4 heteroatoms. The first-order valence-electron chi connectivity index (χ1n) is 2.77. The zero-order valence-corrected chi connectivity index (χ0v) is 5.94. The third kappa shape index (κ3) is 1.19. The minimum absolute atomic E-state index is 1.75. The predicted octanol–water partition coefficient (Wildman–Crippen LogP) is -1.09. The average molecular weight is 127 g/mol. The van der Waals surface area contributed by atoms with Gasteiger partial charge in [0.25, 0.3) is 6.33 Å². The highest BCUT2D eigenvalue weighted by molar-refractivity contribution is 4.69. The second kappa shape index (κ2) is 2.05. The molecule has 1 aromatic heterocycles. The first kappa shape index (κ1) is 6.07. The van der Waals surface area contributed by atoms with Crippen LogP contribution in [-0.4, -0.2) is 23.9 Å². The van der Waals surface area contributed by atoms with Crippen molar-refractivity contribution < 1.29 is 4.68 Å². The molecule has 50 valence electrons. The maximum atomic E-state index is 3.98. The van der Waals surface area contributed by atoms with Crippen LogP contribution in [0.15, 0.2) is 12.7 Å². The quantitative estimate of drug-likeness (QED) is 0.448. The number of nitrogens with zero attached hydrogens (tertiary/aromatic N) is 4. The number of aryl methyl sites for hydroxylation is 1. The van der Waals surface area contributed by atoms with Crippen LogP contribution in [0.1, 0.15) is 0 Å². The lowest BCUT2D eigenvalue weighted by atomic mass is 11.1. The molecule has 0 bridgehead atoms. The van der Waals surface area contributed by atoms with E-state index in [1.807, 2.05) is 37.2 Å². The second-order valence-corrected chi connectivity index (χ2v) is 2.15. The zero-order valence-electron chi connectivity index (χ0n) is 5.94. The summed E-state index contributed by atoms with van der Waals surface area (Å²) >= 11 is 0. The second-order valence-electron chi connectivity index (χ2n) is 2.15. The van der Waals surface area contributed by atoms with Crippen molar-refractivity contribution in [1.82, 2.24) is 9.77 Å². The fraction of sp³-hybridized carbons (Fsp3) is 0.600. The van der Waals surface area contributed by atoms with Crippen LogP contribution in [0.4, 0.5) is 0 Å². The van der Waals surface area contributed by atoms with Crippen LogP contribution in [0.25, 0.3) is 0 Å². The lowest BCUT2D eigenvalue weighted by Gasteiger charge is -2.02. The molecule has 0 aliphatic rings. The Hall–Kier alpha value is -1.06. The maximum absolute atomic E-state index is 3.98. The van der Waals surface area contributed by atoms with Crippen LogP contribution >= 0.6 is 0 Å². The van der Waals surface area contributed by atoms with Crippen LogP contribution in [-0.2, 0) is 7.05 Å². The Morgan fingerprint density at radius 3 is 2.44 bits per heavy atom. The number of hydrogen-bond donors (Lipinski definition) is 0. The Balaban J connectivity index is 2.85. The zero-order chi connectivity index (χ0) is 6.85. The number of rotatable bonds is 1. The highest BCUT2D eigenvalue weighted by atomic mass is 15.6. The topological polar surface area (TPSA) is 24.9 Å². The Labute approximate surface area is 54.3 Å². The molecule has 0 unspecified atom stereocenters. The molecule has 4 nitrogen and oxygen atoms in total. The average Bonchev–Trinajstić information content (AvgIpc) is 2.14. The number of hydrogen-bond acceptors (Lipinski definition) is 2. The van der Waals surface area contributed by atoms with Crippen molar-refractivity contribution in [3.05, 3.63) is 12.7 Å². The van der Waals surface area contributed by atoms with Gasteiger partial charge < -0.3 is 0 Å². The van der Waals surface area contributed by atoms with Crippen LogP contribution < -0.4 is 9.69 Å². The third-order valence-electron chi connectivity index (χ3n) is 1.10. The van der Waals surface area contributed by atoms with E-state index in [2.05, 4.69) is 5.10 Å². The van der Waals surface area contributed by atoms with Gasteiger partial charge in [0, 0.05) is 14.1 Å². The van der Waals surface area contributed by atoms with Gasteiger partial charge in [0.1, 0.15) is 7.05 Å². The van der Waals surface area contributed by atoms with E-state index in [9.17, 15) is 0 Å². The molecule has 0 N–H and O–H groups in total. The summed E-state index contributed by atoms with van der Waals surface area (Å²) in [6.45, 7) is 0. The fourth-order valence-corrected chi connectivity index (χ4v) is 0.572. The van der Waals surface area contributed by atoms with Crippen molar-refractivity contribution in [2.45, 2.75) is 0 Å². The molecule has 0 saturated heterocycles. The maximum Gasteiger partial charge on any atom is 0.289 e. The molecule has 0 atom stereocenters. The Morgan fingerprint density at radius 1 is 1.56 bits per heavy atom. The van der Waals surface area contributed by atoms with E-state index in [1.54, 1.807) is 11.0 Å². The summed E-state index contributed by atoms with van der Waals surface area (Å²) in [4.78, 5) is 0. The summed E-state index contributed by atoms with van der Waals surface area (Å²) in [6.07, 6.45) is 3.64. The minimum atomic E-state index is 1.75.